The summed E-state index contributed by atoms with van der Waals surface area (Å²) < 4.78 is 5.31. The van der Waals surface area contributed by atoms with Gasteiger partial charge in [0.1, 0.15) is 6.61 Å². The zero-order valence-electron chi connectivity index (χ0n) is 11.0. The highest BCUT2D eigenvalue weighted by Crippen LogP contribution is 2.06. The van der Waals surface area contributed by atoms with Gasteiger partial charge >= 0.3 is 0 Å². The third-order valence-corrected chi connectivity index (χ3v) is 2.07. The minimum Gasteiger partial charge on any atom is -0.497 e. The highest BCUT2D eigenvalue weighted by molar-refractivity contribution is 5.08. The van der Waals surface area contributed by atoms with Crippen molar-refractivity contribution in [3.05, 3.63) is 47.8 Å². The Morgan fingerprint density at radius 1 is 1.12 bits per heavy atom. The molecule has 0 aliphatic rings. The van der Waals surface area contributed by atoms with Gasteiger partial charge in [0.05, 0.1) is 6.26 Å². The maximum Gasteiger partial charge on any atom is 0.106 e. The first kappa shape index (κ1) is 14.8. The van der Waals surface area contributed by atoms with Crippen LogP contribution in [0.1, 0.15) is 40.5 Å². The van der Waals surface area contributed by atoms with Gasteiger partial charge < -0.3 is 4.74 Å². The van der Waals surface area contributed by atoms with Crippen LogP contribution in [0, 0.1) is 0 Å². The van der Waals surface area contributed by atoms with E-state index in [1.54, 1.807) is 6.26 Å². The Labute approximate surface area is 100 Å². The SMILES string of the molecule is C=C(C)C=COCC=C(C)CCC=C(C)C. The third-order valence-electron chi connectivity index (χ3n) is 2.07. The Morgan fingerprint density at radius 3 is 2.38 bits per heavy atom. The van der Waals surface area contributed by atoms with Crippen LogP contribution >= 0.6 is 0 Å². The molecule has 0 aliphatic carbocycles. The molecule has 0 amide bonds. The number of ether oxygens (including phenoxy) is 1. The van der Waals surface area contributed by atoms with Crippen LogP contribution in [0.2, 0.25) is 0 Å². The maximum absolute atomic E-state index is 5.31. The van der Waals surface area contributed by atoms with Crippen LogP contribution in [0.25, 0.3) is 0 Å². The lowest BCUT2D eigenvalue weighted by Crippen LogP contribution is -1.85. The Hall–Kier alpha value is -1.24. The number of hydrogen-bond donors (Lipinski definition) is 0. The summed E-state index contributed by atoms with van der Waals surface area (Å²) in [5.41, 5.74) is 3.76. The quantitative estimate of drug-likeness (QED) is 0.259. The molecule has 0 atom stereocenters. The topological polar surface area (TPSA) is 9.23 Å². The molecule has 0 unspecified atom stereocenters. The molecule has 0 aromatic rings. The second-order valence-electron chi connectivity index (χ2n) is 4.35. The van der Waals surface area contributed by atoms with E-state index in [1.165, 1.54) is 11.1 Å². The second kappa shape index (κ2) is 9.02. The zero-order valence-corrected chi connectivity index (χ0v) is 11.0. The summed E-state index contributed by atoms with van der Waals surface area (Å²) in [6.45, 7) is 12.7. The normalized spacial score (nSPS) is 11.6. The lowest BCUT2D eigenvalue weighted by molar-refractivity contribution is 0.288. The van der Waals surface area contributed by atoms with E-state index in [0.717, 1.165) is 18.4 Å². The van der Waals surface area contributed by atoms with E-state index in [2.05, 4.69) is 39.5 Å². The van der Waals surface area contributed by atoms with Crippen molar-refractivity contribution in [2.45, 2.75) is 40.5 Å². The molecule has 0 bridgehead atoms. The Balaban J connectivity index is 3.71. The van der Waals surface area contributed by atoms with Gasteiger partial charge in [-0.15, -0.1) is 0 Å². The lowest BCUT2D eigenvalue weighted by Gasteiger charge is -2.00. The number of allylic oxidation sites excluding steroid dienone is 5. The predicted octanol–water partition coefficient (Wildman–Crippen LogP) is 4.79. The average molecular weight is 220 g/mol. The summed E-state index contributed by atoms with van der Waals surface area (Å²) in [5.74, 6) is 0. The van der Waals surface area contributed by atoms with E-state index < -0.39 is 0 Å². The number of rotatable bonds is 7. The molecule has 0 fully saturated rings. The van der Waals surface area contributed by atoms with Crippen molar-refractivity contribution in [3.8, 4) is 0 Å². The fourth-order valence-electron chi connectivity index (χ4n) is 1.10. The van der Waals surface area contributed by atoms with Gasteiger partial charge in [-0.3, -0.25) is 0 Å². The van der Waals surface area contributed by atoms with E-state index >= 15 is 0 Å². The molecule has 0 aromatic carbocycles. The summed E-state index contributed by atoms with van der Waals surface area (Å²) in [6, 6.07) is 0. The van der Waals surface area contributed by atoms with Gasteiger partial charge in [0.15, 0.2) is 0 Å². The van der Waals surface area contributed by atoms with Crippen molar-refractivity contribution < 1.29 is 4.74 Å². The molecule has 0 rings (SSSR count). The van der Waals surface area contributed by atoms with Gasteiger partial charge in [-0.1, -0.05) is 29.4 Å². The molecule has 0 aliphatic heterocycles. The molecular weight excluding hydrogens is 196 g/mol. The van der Waals surface area contributed by atoms with Crippen molar-refractivity contribution in [2.24, 2.45) is 0 Å². The molecule has 0 N–H and O–H groups in total. The molecule has 1 heteroatoms. The van der Waals surface area contributed by atoms with Crippen LogP contribution in [0.15, 0.2) is 47.8 Å². The molecule has 0 heterocycles. The summed E-state index contributed by atoms with van der Waals surface area (Å²) in [6.07, 6.45) is 10.2. The average Bonchev–Trinajstić information content (AvgIpc) is 2.16. The van der Waals surface area contributed by atoms with Crippen molar-refractivity contribution in [1.82, 2.24) is 0 Å². The fraction of sp³-hybridized carbons (Fsp3) is 0.467. The van der Waals surface area contributed by atoms with Crippen molar-refractivity contribution in [2.75, 3.05) is 6.61 Å². The zero-order chi connectivity index (χ0) is 12.4. The lowest BCUT2D eigenvalue weighted by atomic mass is 10.1. The molecule has 0 saturated carbocycles. The molecule has 16 heavy (non-hydrogen) atoms. The molecular formula is C15H24O. The van der Waals surface area contributed by atoms with Gasteiger partial charge in [0.2, 0.25) is 0 Å². The monoisotopic (exact) mass is 220 g/mol. The van der Waals surface area contributed by atoms with E-state index in [4.69, 9.17) is 4.74 Å². The molecule has 0 spiro atoms. The second-order valence-corrected chi connectivity index (χ2v) is 4.35. The number of hydrogen-bond acceptors (Lipinski definition) is 1. The Kier molecular flexibility index (Phi) is 8.32. The van der Waals surface area contributed by atoms with E-state index in [-0.39, 0.29) is 0 Å². The first-order chi connectivity index (χ1) is 7.52. The first-order valence-electron chi connectivity index (χ1n) is 5.75. The summed E-state index contributed by atoms with van der Waals surface area (Å²) in [5, 5.41) is 0. The summed E-state index contributed by atoms with van der Waals surface area (Å²) >= 11 is 0. The van der Waals surface area contributed by atoms with E-state index in [0.29, 0.717) is 6.61 Å². The van der Waals surface area contributed by atoms with Crippen molar-refractivity contribution >= 4 is 0 Å². The van der Waals surface area contributed by atoms with Gasteiger partial charge in [0, 0.05) is 0 Å². The molecule has 1 nitrogen and oxygen atoms in total. The highest BCUT2D eigenvalue weighted by Gasteiger charge is 1.88. The van der Waals surface area contributed by atoms with Crippen LogP contribution in [0.4, 0.5) is 0 Å². The van der Waals surface area contributed by atoms with Gasteiger partial charge in [-0.05, 0) is 52.7 Å². The largest absolute Gasteiger partial charge is 0.497 e. The third kappa shape index (κ3) is 10.8. The highest BCUT2D eigenvalue weighted by atomic mass is 16.5. The Morgan fingerprint density at radius 2 is 1.81 bits per heavy atom. The van der Waals surface area contributed by atoms with Crippen LogP contribution in [0.3, 0.4) is 0 Å². The maximum atomic E-state index is 5.31. The van der Waals surface area contributed by atoms with Crippen LogP contribution in [0.5, 0.6) is 0 Å². The molecule has 0 aromatic heterocycles. The van der Waals surface area contributed by atoms with Gasteiger partial charge in [-0.2, -0.15) is 0 Å². The van der Waals surface area contributed by atoms with Crippen molar-refractivity contribution in [1.29, 1.82) is 0 Å². The molecule has 0 saturated heterocycles. The van der Waals surface area contributed by atoms with Crippen LogP contribution in [-0.4, -0.2) is 6.61 Å². The minimum atomic E-state index is 0.643. The van der Waals surface area contributed by atoms with Gasteiger partial charge in [0.25, 0.3) is 0 Å². The fourth-order valence-corrected chi connectivity index (χ4v) is 1.10. The van der Waals surface area contributed by atoms with Crippen LogP contribution in [-0.2, 0) is 4.74 Å². The van der Waals surface area contributed by atoms with Crippen LogP contribution < -0.4 is 0 Å². The van der Waals surface area contributed by atoms with Gasteiger partial charge in [-0.25, -0.2) is 0 Å². The predicted molar refractivity (Wildman–Crippen MR) is 72.3 cm³/mol. The van der Waals surface area contributed by atoms with E-state index in [1.807, 2.05) is 13.0 Å². The standard InChI is InChI=1S/C15H24O/c1-13(2)7-6-8-15(5)10-12-16-11-9-14(3)4/h7,9-11H,3,6,8,12H2,1-2,4-5H3. The smallest absolute Gasteiger partial charge is 0.106 e. The molecule has 0 radical (unpaired) electrons. The summed E-state index contributed by atoms with van der Waals surface area (Å²) in [7, 11) is 0. The van der Waals surface area contributed by atoms with E-state index in [9.17, 15) is 0 Å². The first-order valence-corrected chi connectivity index (χ1v) is 5.75. The minimum absolute atomic E-state index is 0.643. The molecule has 90 valence electrons. The Bertz CT molecular complexity index is 289. The van der Waals surface area contributed by atoms with Crippen molar-refractivity contribution in [3.63, 3.8) is 0 Å². The summed E-state index contributed by atoms with van der Waals surface area (Å²) in [4.78, 5) is 0.